The smallest absolute Gasteiger partial charge is 0.272 e. The first-order valence-corrected chi connectivity index (χ1v) is 15.4. The SMILES string of the molecule is Cc1ccc(-c2ccc(/C=C(\NC(=O)c3ccccc3)C(=O)Nc3ccc(S[C@H](C)C(=O)Nc4nnc(C)s4)cc3)o2)cc1. The monoisotopic (exact) mass is 623 g/mol. The predicted octanol–water partition coefficient (Wildman–Crippen LogP) is 6.94. The number of anilines is 2. The van der Waals surface area contributed by atoms with E-state index >= 15 is 0 Å². The molecule has 0 aliphatic carbocycles. The lowest BCUT2D eigenvalue weighted by atomic mass is 10.1. The zero-order valence-corrected chi connectivity index (χ0v) is 25.8. The molecular weight excluding hydrogens is 595 g/mol. The molecule has 0 bridgehead atoms. The first-order valence-electron chi connectivity index (χ1n) is 13.7. The third-order valence-electron chi connectivity index (χ3n) is 6.33. The van der Waals surface area contributed by atoms with Crippen LogP contribution in [0.15, 0.2) is 106 Å². The molecular formula is C33H29N5O4S2. The number of furan rings is 1. The van der Waals surface area contributed by atoms with E-state index in [9.17, 15) is 14.4 Å². The molecule has 5 rings (SSSR count). The highest BCUT2D eigenvalue weighted by Crippen LogP contribution is 2.27. The molecule has 3 N–H and O–H groups in total. The van der Waals surface area contributed by atoms with Gasteiger partial charge < -0.3 is 15.1 Å². The Morgan fingerprint density at radius 2 is 1.59 bits per heavy atom. The summed E-state index contributed by atoms with van der Waals surface area (Å²) in [5.41, 5.74) is 2.97. The van der Waals surface area contributed by atoms with Gasteiger partial charge in [-0.25, -0.2) is 0 Å². The zero-order chi connectivity index (χ0) is 31.1. The Labute approximate surface area is 262 Å². The summed E-state index contributed by atoms with van der Waals surface area (Å²) in [6, 6.07) is 27.2. The lowest BCUT2D eigenvalue weighted by molar-refractivity contribution is -0.115. The van der Waals surface area contributed by atoms with Gasteiger partial charge in [0.25, 0.3) is 11.8 Å². The van der Waals surface area contributed by atoms with Gasteiger partial charge in [0.1, 0.15) is 22.2 Å². The maximum Gasteiger partial charge on any atom is 0.272 e. The van der Waals surface area contributed by atoms with Gasteiger partial charge in [-0.3, -0.25) is 19.7 Å². The van der Waals surface area contributed by atoms with Crippen LogP contribution in [0, 0.1) is 13.8 Å². The van der Waals surface area contributed by atoms with Gasteiger partial charge in [-0.15, -0.1) is 22.0 Å². The molecule has 2 heterocycles. The van der Waals surface area contributed by atoms with Gasteiger partial charge in [-0.2, -0.15) is 0 Å². The number of carbonyl (C=O) groups excluding carboxylic acids is 3. The van der Waals surface area contributed by atoms with Crippen LogP contribution in [0.3, 0.4) is 0 Å². The van der Waals surface area contributed by atoms with E-state index in [-0.39, 0.29) is 16.9 Å². The van der Waals surface area contributed by atoms with Crippen LogP contribution in [0.5, 0.6) is 0 Å². The fourth-order valence-corrected chi connectivity index (χ4v) is 5.48. The first kappa shape index (κ1) is 30.5. The number of carbonyl (C=O) groups is 3. The van der Waals surface area contributed by atoms with Crippen molar-refractivity contribution in [3.05, 3.63) is 119 Å². The number of hydrogen-bond acceptors (Lipinski definition) is 8. The van der Waals surface area contributed by atoms with Crippen molar-refractivity contribution in [3.63, 3.8) is 0 Å². The van der Waals surface area contributed by atoms with E-state index in [0.29, 0.717) is 27.9 Å². The summed E-state index contributed by atoms with van der Waals surface area (Å²) in [4.78, 5) is 39.8. The van der Waals surface area contributed by atoms with Gasteiger partial charge in [0.15, 0.2) is 0 Å². The van der Waals surface area contributed by atoms with Crippen molar-refractivity contribution in [1.82, 2.24) is 15.5 Å². The number of amides is 3. The fraction of sp³-hybridized carbons (Fsp3) is 0.121. The molecule has 5 aromatic rings. The standard InChI is InChI=1S/C33H29N5O4S2/c1-20-9-11-23(12-10-20)29-18-15-26(42-29)19-28(35-31(40)24-7-5-4-6-8-24)32(41)34-25-13-16-27(17-14-25)43-21(2)30(39)36-33-38-37-22(3)44-33/h4-19,21H,1-3H3,(H,34,41)(H,35,40)(H,36,38,39)/b28-19-/t21-/m1/s1. The van der Waals surface area contributed by atoms with E-state index < -0.39 is 11.8 Å². The molecule has 3 amide bonds. The lowest BCUT2D eigenvalue weighted by Gasteiger charge is -2.12. The number of aryl methyl sites for hydroxylation is 2. The average Bonchev–Trinajstić information content (AvgIpc) is 3.67. The molecule has 0 saturated heterocycles. The van der Waals surface area contributed by atoms with Crippen molar-refractivity contribution in [2.45, 2.75) is 30.9 Å². The minimum Gasteiger partial charge on any atom is -0.457 e. The Bertz CT molecular complexity index is 1800. The minimum absolute atomic E-state index is 0.0133. The molecule has 3 aromatic carbocycles. The summed E-state index contributed by atoms with van der Waals surface area (Å²) in [7, 11) is 0. The molecule has 0 saturated carbocycles. The van der Waals surface area contributed by atoms with Crippen molar-refractivity contribution in [3.8, 4) is 11.3 Å². The van der Waals surface area contributed by atoms with Gasteiger partial charge >= 0.3 is 0 Å². The fourth-order valence-electron chi connectivity index (χ4n) is 4.02. The van der Waals surface area contributed by atoms with E-state index in [0.717, 1.165) is 21.0 Å². The van der Waals surface area contributed by atoms with Crippen molar-refractivity contribution >= 4 is 57.7 Å². The number of benzene rings is 3. The Hall–Kier alpha value is -5.00. The molecule has 9 nitrogen and oxygen atoms in total. The summed E-state index contributed by atoms with van der Waals surface area (Å²) in [5.74, 6) is -0.0966. The predicted molar refractivity (Wildman–Crippen MR) is 174 cm³/mol. The number of nitrogens with zero attached hydrogens (tertiary/aromatic N) is 2. The Balaban J connectivity index is 1.29. The third kappa shape index (κ3) is 8.09. The average molecular weight is 624 g/mol. The highest BCUT2D eigenvalue weighted by atomic mass is 32.2. The zero-order valence-electron chi connectivity index (χ0n) is 24.2. The van der Waals surface area contributed by atoms with Crippen LogP contribution < -0.4 is 16.0 Å². The van der Waals surface area contributed by atoms with Crippen molar-refractivity contribution in [1.29, 1.82) is 0 Å². The topological polar surface area (TPSA) is 126 Å². The number of thioether (sulfide) groups is 1. The van der Waals surface area contributed by atoms with Gasteiger partial charge in [0, 0.05) is 27.8 Å². The number of rotatable bonds is 10. The Kier molecular flexibility index (Phi) is 9.68. The van der Waals surface area contributed by atoms with Crippen molar-refractivity contribution < 1.29 is 18.8 Å². The van der Waals surface area contributed by atoms with Crippen molar-refractivity contribution in [2.75, 3.05) is 10.6 Å². The van der Waals surface area contributed by atoms with Gasteiger partial charge in [0.05, 0.1) is 5.25 Å². The number of aromatic nitrogens is 2. The highest BCUT2D eigenvalue weighted by molar-refractivity contribution is 8.00. The summed E-state index contributed by atoms with van der Waals surface area (Å²) >= 11 is 2.68. The summed E-state index contributed by atoms with van der Waals surface area (Å²) in [6.45, 7) is 5.63. The summed E-state index contributed by atoms with van der Waals surface area (Å²) < 4.78 is 5.99. The second kappa shape index (κ2) is 14.0. The van der Waals surface area contributed by atoms with E-state index in [1.807, 2.05) is 62.4 Å². The van der Waals surface area contributed by atoms with Crippen LogP contribution in [-0.2, 0) is 9.59 Å². The Morgan fingerprint density at radius 3 is 2.27 bits per heavy atom. The van der Waals surface area contributed by atoms with Gasteiger partial charge in [-0.05, 0) is 69.3 Å². The minimum atomic E-state index is -0.525. The molecule has 0 aliphatic rings. The van der Waals surface area contributed by atoms with Crippen LogP contribution >= 0.6 is 23.1 Å². The molecule has 0 aliphatic heterocycles. The highest BCUT2D eigenvalue weighted by Gasteiger charge is 2.18. The van der Waals surface area contributed by atoms with Crippen LogP contribution in [0.1, 0.15) is 33.6 Å². The number of nitrogens with one attached hydrogen (secondary N) is 3. The second-order valence-corrected chi connectivity index (χ2v) is 12.4. The quantitative estimate of drug-likeness (QED) is 0.114. The van der Waals surface area contributed by atoms with Crippen LogP contribution in [-0.4, -0.2) is 33.2 Å². The van der Waals surface area contributed by atoms with Crippen molar-refractivity contribution in [2.24, 2.45) is 0 Å². The van der Waals surface area contributed by atoms with Gasteiger partial charge in [0.2, 0.25) is 11.0 Å². The van der Waals surface area contributed by atoms with E-state index in [2.05, 4.69) is 26.1 Å². The van der Waals surface area contributed by atoms with Crippen LogP contribution in [0.2, 0.25) is 0 Å². The molecule has 0 spiro atoms. The molecule has 0 radical (unpaired) electrons. The van der Waals surface area contributed by atoms with Gasteiger partial charge in [-0.1, -0.05) is 59.4 Å². The lowest BCUT2D eigenvalue weighted by Crippen LogP contribution is -2.30. The molecule has 0 unspecified atom stereocenters. The van der Waals surface area contributed by atoms with E-state index in [4.69, 9.17) is 4.42 Å². The molecule has 11 heteroatoms. The second-order valence-electron chi connectivity index (χ2n) is 9.80. The third-order valence-corrected chi connectivity index (χ3v) is 8.19. The number of hydrogen-bond donors (Lipinski definition) is 3. The maximum atomic E-state index is 13.4. The molecule has 44 heavy (non-hydrogen) atoms. The molecule has 2 aromatic heterocycles. The Morgan fingerprint density at radius 1 is 0.864 bits per heavy atom. The van der Waals surface area contributed by atoms with Crippen LogP contribution in [0.4, 0.5) is 10.8 Å². The summed E-state index contributed by atoms with van der Waals surface area (Å²) in [6.07, 6.45) is 1.50. The molecule has 222 valence electrons. The maximum absolute atomic E-state index is 13.4. The molecule has 0 fully saturated rings. The molecule has 1 atom stereocenters. The van der Waals surface area contributed by atoms with E-state index in [1.165, 1.54) is 29.2 Å². The van der Waals surface area contributed by atoms with Crippen LogP contribution in [0.25, 0.3) is 17.4 Å². The largest absolute Gasteiger partial charge is 0.457 e. The first-order chi connectivity index (χ1) is 21.2. The summed E-state index contributed by atoms with van der Waals surface area (Å²) in [5, 5.41) is 17.0. The van der Waals surface area contributed by atoms with E-state index in [1.54, 1.807) is 49.4 Å². The normalized spacial score (nSPS) is 11.9.